The van der Waals surface area contributed by atoms with Gasteiger partial charge in [0.05, 0.1) is 24.3 Å². The van der Waals surface area contributed by atoms with Crippen LogP contribution in [0.3, 0.4) is 0 Å². The number of ketones is 1. The number of ether oxygens (including phenoxy) is 1. The first-order chi connectivity index (χ1) is 18.3. The molecule has 0 bridgehead atoms. The zero-order valence-electron chi connectivity index (χ0n) is 22.4. The third kappa shape index (κ3) is 6.86. The lowest BCUT2D eigenvalue weighted by Gasteiger charge is -2.27. The van der Waals surface area contributed by atoms with E-state index < -0.39 is 29.5 Å². The van der Waals surface area contributed by atoms with Gasteiger partial charge in [0, 0.05) is 12.1 Å². The number of halogens is 1. The maximum Gasteiger partial charge on any atom is 0.337 e. The number of rotatable bonds is 13. The van der Waals surface area contributed by atoms with E-state index in [1.807, 2.05) is 0 Å². The van der Waals surface area contributed by atoms with Gasteiger partial charge in [-0.2, -0.15) is 0 Å². The van der Waals surface area contributed by atoms with Crippen LogP contribution in [0.1, 0.15) is 73.5 Å². The van der Waals surface area contributed by atoms with E-state index in [9.17, 15) is 23.9 Å². The van der Waals surface area contributed by atoms with E-state index in [4.69, 9.17) is 4.74 Å². The Morgan fingerprint density at radius 1 is 0.921 bits per heavy atom. The molecule has 7 nitrogen and oxygen atoms in total. The van der Waals surface area contributed by atoms with Gasteiger partial charge < -0.3 is 19.6 Å². The monoisotopic (exact) mass is 524 g/mol. The number of nitrogens with zero attached hydrogens (tertiary/aromatic N) is 2. The van der Waals surface area contributed by atoms with Crippen molar-refractivity contribution in [1.29, 1.82) is 0 Å². The van der Waals surface area contributed by atoms with Crippen molar-refractivity contribution in [2.45, 2.75) is 52.0 Å². The van der Waals surface area contributed by atoms with Crippen molar-refractivity contribution in [3.05, 3.63) is 76.6 Å². The second-order valence-electron chi connectivity index (χ2n) is 9.52. The van der Waals surface area contributed by atoms with Crippen LogP contribution in [0.25, 0.3) is 5.76 Å². The van der Waals surface area contributed by atoms with Crippen molar-refractivity contribution in [1.82, 2.24) is 9.80 Å². The number of hydrogen-bond acceptors (Lipinski definition) is 6. The van der Waals surface area contributed by atoms with E-state index in [0.29, 0.717) is 24.1 Å². The summed E-state index contributed by atoms with van der Waals surface area (Å²) >= 11 is 0. The molecule has 1 atom stereocenters. The fraction of sp³-hybridized carbons (Fsp3) is 0.433. The minimum absolute atomic E-state index is 0.0544. The van der Waals surface area contributed by atoms with Crippen molar-refractivity contribution in [3.63, 3.8) is 0 Å². The molecule has 8 heteroatoms. The Balaban J connectivity index is 1.94. The minimum Gasteiger partial charge on any atom is -0.507 e. The Morgan fingerprint density at radius 2 is 1.47 bits per heavy atom. The molecule has 2 aromatic rings. The summed E-state index contributed by atoms with van der Waals surface area (Å²) in [5.74, 6) is -2.82. The second-order valence-corrected chi connectivity index (χ2v) is 9.52. The molecule has 38 heavy (non-hydrogen) atoms. The van der Waals surface area contributed by atoms with Gasteiger partial charge in [-0.3, -0.25) is 9.59 Å². The molecule has 0 spiro atoms. The van der Waals surface area contributed by atoms with Crippen molar-refractivity contribution in [2.24, 2.45) is 0 Å². The number of esters is 1. The largest absolute Gasteiger partial charge is 0.507 e. The number of methoxy groups -OCH3 is 1. The van der Waals surface area contributed by atoms with Crippen molar-refractivity contribution in [2.75, 3.05) is 33.3 Å². The first-order valence-electron chi connectivity index (χ1n) is 13.3. The molecule has 0 aliphatic carbocycles. The minimum atomic E-state index is -0.841. The Kier molecular flexibility index (Phi) is 10.6. The maximum absolute atomic E-state index is 13.5. The molecule has 0 unspecified atom stereocenters. The highest BCUT2D eigenvalue weighted by atomic mass is 19.1. The summed E-state index contributed by atoms with van der Waals surface area (Å²) < 4.78 is 18.3. The van der Waals surface area contributed by atoms with Crippen LogP contribution in [-0.4, -0.2) is 65.9 Å². The van der Waals surface area contributed by atoms with E-state index in [1.54, 1.807) is 24.3 Å². The predicted octanol–water partition coefficient (Wildman–Crippen LogP) is 5.33. The van der Waals surface area contributed by atoms with Gasteiger partial charge in [0.15, 0.2) is 0 Å². The first kappa shape index (κ1) is 29.0. The summed E-state index contributed by atoms with van der Waals surface area (Å²) in [6.45, 7) is 7.39. The van der Waals surface area contributed by atoms with Crippen LogP contribution in [0.2, 0.25) is 0 Å². The normalized spacial score (nSPS) is 16.9. The summed E-state index contributed by atoms with van der Waals surface area (Å²) in [5.41, 5.74) is 1.09. The Bertz CT molecular complexity index is 1140. The van der Waals surface area contributed by atoms with Crippen LogP contribution in [0, 0.1) is 5.82 Å². The number of aliphatic hydroxyl groups excluding tert-OH is 1. The lowest BCUT2D eigenvalue weighted by molar-refractivity contribution is -0.140. The summed E-state index contributed by atoms with van der Waals surface area (Å²) in [4.78, 5) is 42.2. The van der Waals surface area contributed by atoms with E-state index in [1.165, 1.54) is 36.3 Å². The van der Waals surface area contributed by atoms with Gasteiger partial charge in [-0.05, 0) is 80.9 Å². The fourth-order valence-electron chi connectivity index (χ4n) is 4.70. The van der Waals surface area contributed by atoms with Crippen LogP contribution in [0.5, 0.6) is 0 Å². The number of unbranched alkanes of at least 4 members (excludes halogenated alkanes) is 2. The second kappa shape index (κ2) is 13.9. The molecule has 1 fully saturated rings. The van der Waals surface area contributed by atoms with Gasteiger partial charge in [-0.15, -0.1) is 0 Å². The Hall–Kier alpha value is -3.52. The number of benzene rings is 2. The smallest absolute Gasteiger partial charge is 0.337 e. The van der Waals surface area contributed by atoms with Gasteiger partial charge in [-0.1, -0.05) is 38.8 Å². The third-order valence-corrected chi connectivity index (χ3v) is 6.83. The molecule has 204 valence electrons. The Labute approximate surface area is 223 Å². The van der Waals surface area contributed by atoms with Gasteiger partial charge in [-0.25, -0.2) is 9.18 Å². The average Bonchev–Trinajstić information content (AvgIpc) is 3.18. The molecule has 1 heterocycles. The van der Waals surface area contributed by atoms with Crippen LogP contribution in [0.15, 0.2) is 54.1 Å². The zero-order valence-corrected chi connectivity index (χ0v) is 22.4. The number of hydrogen-bond donors (Lipinski definition) is 1. The van der Waals surface area contributed by atoms with Gasteiger partial charge in [0.25, 0.3) is 11.7 Å². The van der Waals surface area contributed by atoms with Crippen LogP contribution < -0.4 is 0 Å². The molecule has 1 aliphatic rings. The van der Waals surface area contributed by atoms with E-state index in [2.05, 4.69) is 18.7 Å². The van der Waals surface area contributed by atoms with Crippen LogP contribution in [-0.2, 0) is 14.3 Å². The summed E-state index contributed by atoms with van der Waals surface area (Å²) in [5, 5.41) is 11.1. The van der Waals surface area contributed by atoms with E-state index in [0.717, 1.165) is 45.3 Å². The van der Waals surface area contributed by atoms with Crippen molar-refractivity contribution >= 4 is 23.4 Å². The molecule has 0 saturated carbocycles. The van der Waals surface area contributed by atoms with Crippen molar-refractivity contribution in [3.8, 4) is 0 Å². The van der Waals surface area contributed by atoms with Crippen LogP contribution >= 0.6 is 0 Å². The Morgan fingerprint density at radius 3 is 2.03 bits per heavy atom. The number of likely N-dealkylation sites (tertiary alicyclic amines) is 1. The highest BCUT2D eigenvalue weighted by Crippen LogP contribution is 2.39. The molecule has 1 saturated heterocycles. The molecule has 0 aromatic heterocycles. The summed E-state index contributed by atoms with van der Waals surface area (Å²) in [7, 11) is 1.29. The third-order valence-electron chi connectivity index (χ3n) is 6.83. The molecule has 1 amide bonds. The highest BCUT2D eigenvalue weighted by Gasteiger charge is 2.45. The van der Waals surface area contributed by atoms with Gasteiger partial charge >= 0.3 is 5.97 Å². The predicted molar refractivity (Wildman–Crippen MR) is 144 cm³/mol. The lowest BCUT2D eigenvalue weighted by Crippen LogP contribution is -2.34. The quantitative estimate of drug-likeness (QED) is 0.165. The molecular weight excluding hydrogens is 487 g/mol. The molecular formula is C30H37FN2O5. The van der Waals surface area contributed by atoms with Crippen molar-refractivity contribution < 1.29 is 28.6 Å². The number of carbonyl (C=O) groups is 3. The SMILES string of the molecule is CCCCN(CCCC)CCCN1C(=O)C(=O)C(=C(O)c2ccc(F)cc2)[C@@H]1c1ccc(C(=O)OC)cc1. The summed E-state index contributed by atoms with van der Waals surface area (Å²) in [6.07, 6.45) is 5.05. The number of aliphatic hydroxyl groups is 1. The van der Waals surface area contributed by atoms with Gasteiger partial charge in [0.2, 0.25) is 0 Å². The van der Waals surface area contributed by atoms with E-state index in [-0.39, 0.29) is 16.9 Å². The molecule has 0 radical (unpaired) electrons. The first-order valence-corrected chi connectivity index (χ1v) is 13.3. The average molecular weight is 525 g/mol. The lowest BCUT2D eigenvalue weighted by atomic mass is 9.94. The topological polar surface area (TPSA) is 87.2 Å². The van der Waals surface area contributed by atoms with E-state index >= 15 is 0 Å². The molecule has 2 aromatic carbocycles. The maximum atomic E-state index is 13.5. The number of Topliss-reactive ketones (excluding diaryl/α,β-unsaturated/α-hetero) is 1. The zero-order chi connectivity index (χ0) is 27.7. The highest BCUT2D eigenvalue weighted by molar-refractivity contribution is 6.46. The number of amides is 1. The van der Waals surface area contributed by atoms with Crippen LogP contribution in [0.4, 0.5) is 4.39 Å². The molecule has 3 rings (SSSR count). The number of carbonyl (C=O) groups excluding carboxylic acids is 3. The summed E-state index contributed by atoms with van der Waals surface area (Å²) in [6, 6.07) is 10.7. The molecule has 1 N–H and O–H groups in total. The fourth-order valence-corrected chi connectivity index (χ4v) is 4.70. The van der Waals surface area contributed by atoms with Gasteiger partial charge in [0.1, 0.15) is 11.6 Å². The standard InChI is InChI=1S/C30H37FN2O5/c1-4-6-17-32(18-7-5-2)19-8-20-33-26(21-9-11-23(12-10-21)30(37)38-3)25(28(35)29(33)36)27(34)22-13-15-24(31)16-14-22/h9-16,26,34H,4-8,17-20H2,1-3H3/t26-/m0/s1. The molecule has 1 aliphatic heterocycles.